The molecule has 0 aliphatic carbocycles. The summed E-state index contributed by atoms with van der Waals surface area (Å²) in [6.07, 6.45) is 4.03. The number of halogens is 2. The first-order chi connectivity index (χ1) is 24.5. The number of Topliss-reactive ketones (excluding diaryl/α,β-unsaturated/α-hetero) is 1. The Hall–Kier alpha value is -1.86. The fraction of sp³-hybridized carbons (Fsp3) is 0.830. The summed E-state index contributed by atoms with van der Waals surface area (Å²) in [4.78, 5) is 35.0. The van der Waals surface area contributed by atoms with E-state index in [1.165, 1.54) is 5.56 Å². The number of ketones is 1. The minimum atomic E-state index is -3.00. The zero-order valence-corrected chi connectivity index (χ0v) is 37.9. The maximum Gasteiger partial charge on any atom is 0.309 e. The largest absolute Gasteiger partial charge is 0.465 e. The minimum Gasteiger partial charge on any atom is -0.465 e. The lowest BCUT2D eigenvalue weighted by atomic mass is 9.52. The number of hydroxylamine groups is 2. The lowest BCUT2D eigenvalue weighted by Gasteiger charge is -2.60. The van der Waals surface area contributed by atoms with E-state index >= 15 is 8.78 Å². The van der Waals surface area contributed by atoms with Gasteiger partial charge in [0.2, 0.25) is 0 Å². The van der Waals surface area contributed by atoms with Crippen molar-refractivity contribution in [2.24, 2.45) is 39.4 Å². The Bertz CT molecular complexity index is 1380. The topological polar surface area (TPSA) is 55.8 Å². The van der Waals surface area contributed by atoms with E-state index in [1.807, 2.05) is 31.9 Å². The summed E-state index contributed by atoms with van der Waals surface area (Å²) in [5.74, 6) is -4.28. The Kier molecular flexibility index (Phi) is 15.5. The van der Waals surface area contributed by atoms with Crippen LogP contribution in [0.4, 0.5) is 8.78 Å². The van der Waals surface area contributed by atoms with E-state index < -0.39 is 50.7 Å². The van der Waals surface area contributed by atoms with Gasteiger partial charge in [-0.05, 0) is 87.5 Å². The van der Waals surface area contributed by atoms with Crippen molar-refractivity contribution in [2.75, 3.05) is 6.61 Å². The molecule has 1 aromatic carbocycles. The molecular weight excluding hydrogens is 681 g/mol. The molecule has 0 amide bonds. The number of ether oxygens (including phenoxy) is 1. The van der Waals surface area contributed by atoms with Crippen LogP contribution >= 0.6 is 0 Å². The zero-order valence-electron chi connectivity index (χ0n) is 37.9. The number of carbonyl (C=O) groups is 2. The highest BCUT2D eigenvalue weighted by atomic mass is 19.3. The fourth-order valence-corrected chi connectivity index (χ4v) is 9.24. The molecule has 5 nitrogen and oxygen atoms in total. The van der Waals surface area contributed by atoms with E-state index in [-0.39, 0.29) is 35.4 Å². The number of esters is 1. The first kappa shape index (κ1) is 48.3. The maximum atomic E-state index is 16.5. The minimum absolute atomic E-state index is 0.158. The van der Waals surface area contributed by atoms with Gasteiger partial charge in [0.15, 0.2) is 0 Å². The summed E-state index contributed by atoms with van der Waals surface area (Å²) in [5.41, 5.74) is -4.16. The van der Waals surface area contributed by atoms with Crippen molar-refractivity contribution in [3.63, 3.8) is 0 Å². The van der Waals surface area contributed by atoms with Gasteiger partial charge >= 0.3 is 5.97 Å². The van der Waals surface area contributed by atoms with Gasteiger partial charge in [0.1, 0.15) is 5.78 Å². The normalized spacial score (nSPS) is 24.3. The molecule has 7 heteroatoms. The maximum absolute atomic E-state index is 16.5. The molecule has 1 fully saturated rings. The summed E-state index contributed by atoms with van der Waals surface area (Å²) in [6, 6.07) is 10.4. The molecular formula is C47H81F2NO4. The smallest absolute Gasteiger partial charge is 0.309 e. The van der Waals surface area contributed by atoms with E-state index in [2.05, 4.69) is 107 Å². The Morgan fingerprint density at radius 3 is 1.93 bits per heavy atom. The molecule has 0 spiro atoms. The lowest BCUT2D eigenvalue weighted by Crippen LogP contribution is -2.69. The van der Waals surface area contributed by atoms with Crippen molar-refractivity contribution in [3.8, 4) is 0 Å². The second kappa shape index (κ2) is 17.3. The number of hydrogen-bond donors (Lipinski definition) is 0. The van der Waals surface area contributed by atoms with Gasteiger partial charge in [-0.2, -0.15) is 5.06 Å². The van der Waals surface area contributed by atoms with Crippen LogP contribution in [0.2, 0.25) is 0 Å². The van der Waals surface area contributed by atoms with Crippen LogP contribution in [0, 0.1) is 39.4 Å². The quantitative estimate of drug-likeness (QED) is 0.0978. The van der Waals surface area contributed by atoms with Crippen molar-refractivity contribution < 1.29 is 27.9 Å². The molecule has 1 aliphatic heterocycles. The van der Waals surface area contributed by atoms with Crippen LogP contribution in [0.5, 0.6) is 0 Å². The van der Waals surface area contributed by atoms with E-state index in [0.717, 1.165) is 12.8 Å². The Morgan fingerprint density at radius 1 is 0.889 bits per heavy atom. The third-order valence-corrected chi connectivity index (χ3v) is 15.4. The summed E-state index contributed by atoms with van der Waals surface area (Å²) in [6.45, 7) is 36.8. The predicted molar refractivity (Wildman–Crippen MR) is 220 cm³/mol. The molecule has 0 radical (unpaired) electrons. The third-order valence-electron chi connectivity index (χ3n) is 15.4. The summed E-state index contributed by atoms with van der Waals surface area (Å²) in [7, 11) is 0. The number of carbonyl (C=O) groups excluding carboxylic acids is 2. The van der Waals surface area contributed by atoms with E-state index in [9.17, 15) is 9.59 Å². The molecule has 0 bridgehead atoms. The van der Waals surface area contributed by atoms with E-state index in [4.69, 9.17) is 9.57 Å². The second-order valence-corrected chi connectivity index (χ2v) is 20.5. The summed E-state index contributed by atoms with van der Waals surface area (Å²) < 4.78 is 39.0. The van der Waals surface area contributed by atoms with E-state index in [0.29, 0.717) is 38.7 Å². The molecule has 0 saturated carbocycles. The van der Waals surface area contributed by atoms with Gasteiger partial charge in [0.05, 0.1) is 29.2 Å². The van der Waals surface area contributed by atoms with Gasteiger partial charge < -0.3 is 4.74 Å². The van der Waals surface area contributed by atoms with Crippen LogP contribution in [0.15, 0.2) is 30.3 Å². The van der Waals surface area contributed by atoms with E-state index in [1.54, 1.807) is 20.8 Å². The predicted octanol–water partition coefficient (Wildman–Crippen LogP) is 13.3. The molecule has 312 valence electrons. The van der Waals surface area contributed by atoms with Gasteiger partial charge in [-0.3, -0.25) is 14.4 Å². The average molecular weight is 762 g/mol. The van der Waals surface area contributed by atoms with Gasteiger partial charge in [-0.1, -0.05) is 134 Å². The third kappa shape index (κ3) is 9.63. The van der Waals surface area contributed by atoms with Crippen molar-refractivity contribution in [2.45, 2.75) is 205 Å². The van der Waals surface area contributed by atoms with Crippen molar-refractivity contribution >= 4 is 11.8 Å². The highest BCUT2D eigenvalue weighted by molar-refractivity contribution is 5.84. The monoisotopic (exact) mass is 762 g/mol. The first-order valence-corrected chi connectivity index (χ1v) is 21.1. The first-order valence-electron chi connectivity index (χ1n) is 21.1. The van der Waals surface area contributed by atoms with Crippen LogP contribution < -0.4 is 0 Å². The Balaban J connectivity index is 2.77. The molecule has 6 unspecified atom stereocenters. The van der Waals surface area contributed by atoms with Crippen LogP contribution in [0.1, 0.15) is 187 Å². The van der Waals surface area contributed by atoms with Crippen molar-refractivity contribution in [3.05, 3.63) is 35.9 Å². The van der Waals surface area contributed by atoms with Crippen LogP contribution in [-0.4, -0.2) is 46.0 Å². The molecule has 1 heterocycles. The molecule has 54 heavy (non-hydrogen) atoms. The average Bonchev–Trinajstić information content (AvgIpc) is 3.10. The second-order valence-electron chi connectivity index (χ2n) is 20.5. The number of rotatable bonds is 20. The fourth-order valence-electron chi connectivity index (χ4n) is 9.24. The van der Waals surface area contributed by atoms with Gasteiger partial charge in [-0.25, -0.2) is 8.78 Å². The van der Waals surface area contributed by atoms with Crippen LogP contribution in [-0.2, 0) is 19.2 Å². The number of alkyl halides is 2. The highest BCUT2D eigenvalue weighted by Gasteiger charge is 2.61. The lowest BCUT2D eigenvalue weighted by molar-refractivity contribution is -0.360. The van der Waals surface area contributed by atoms with Gasteiger partial charge in [-0.15, -0.1) is 0 Å². The Labute approximate surface area is 330 Å². The number of unbranched alkanes of at least 4 members (excludes halogenated alkanes) is 1. The molecule has 6 atom stereocenters. The number of nitrogens with zero attached hydrogens (tertiary/aromatic N) is 1. The zero-order chi connectivity index (χ0) is 41.9. The van der Waals surface area contributed by atoms with Gasteiger partial charge in [0, 0.05) is 30.1 Å². The SMILES string of the molecule is CCCCOC(=O)C(CC(C)(C)C(C)c1ccccc1)C(C)(C)C(C)(C)CC(C(C)(C)ON1C(C)(CC)CC(=O)C(C)C1(C)CC)C(C)(C)C(F)(F)CC. The summed E-state index contributed by atoms with van der Waals surface area (Å²) in [5, 5.41) is 2.04. The van der Waals surface area contributed by atoms with Crippen molar-refractivity contribution in [1.82, 2.24) is 5.06 Å². The number of hydrogen-bond acceptors (Lipinski definition) is 5. The molecule has 0 N–H and O–H groups in total. The molecule has 1 aromatic rings. The highest BCUT2D eigenvalue weighted by Crippen LogP contribution is 2.60. The number of benzene rings is 1. The molecule has 2 rings (SSSR count). The van der Waals surface area contributed by atoms with Crippen LogP contribution in [0.25, 0.3) is 0 Å². The Morgan fingerprint density at radius 2 is 1.44 bits per heavy atom. The van der Waals surface area contributed by atoms with Crippen molar-refractivity contribution in [1.29, 1.82) is 0 Å². The summed E-state index contributed by atoms with van der Waals surface area (Å²) >= 11 is 0. The van der Waals surface area contributed by atoms with Crippen LogP contribution in [0.3, 0.4) is 0 Å². The number of piperidine rings is 1. The standard InChI is InChI=1S/C47H81F2NO4/c1-19-23-29-53-39(52)36(30-40(7,8)33(5)35-27-25-24-26-28-35)42(11,12)41(9,10)32-38(43(13,14)47(48,49)22-4)44(15,16)54-50-45(17,20-2)31-37(51)34(6)46(50,18)21-3/h24-28,33-34,36,38H,19-23,29-32H2,1-18H3. The molecule has 1 saturated heterocycles. The molecule has 0 aromatic heterocycles. The molecule has 1 aliphatic rings. The van der Waals surface area contributed by atoms with Gasteiger partial charge in [0.25, 0.3) is 5.92 Å².